The molecule has 0 saturated carbocycles. The molecule has 0 radical (unpaired) electrons. The third-order valence-corrected chi connectivity index (χ3v) is 5.09. The molecule has 1 aromatic rings. The second kappa shape index (κ2) is 4.97. The van der Waals surface area contributed by atoms with Gasteiger partial charge in [0.15, 0.2) is 0 Å². The Morgan fingerprint density at radius 3 is 3.10 bits per heavy atom. The summed E-state index contributed by atoms with van der Waals surface area (Å²) in [4.78, 5) is 7.21. The first kappa shape index (κ1) is 12.5. The largest absolute Gasteiger partial charge is 0.373 e. The molecule has 2 saturated heterocycles. The van der Waals surface area contributed by atoms with Crippen LogP contribution in [0, 0.1) is 0 Å². The lowest BCUT2D eigenvalue weighted by Gasteiger charge is -2.54. The third kappa shape index (κ3) is 2.00. The summed E-state index contributed by atoms with van der Waals surface area (Å²) in [7, 11) is 0. The quantitative estimate of drug-likeness (QED) is 0.789. The lowest BCUT2D eigenvalue weighted by molar-refractivity contribution is -0.217. The van der Waals surface area contributed by atoms with Gasteiger partial charge in [0.1, 0.15) is 0 Å². The minimum atomic E-state index is 0.519. The number of aromatic nitrogens is 1. The van der Waals surface area contributed by atoms with Crippen molar-refractivity contribution in [2.45, 2.75) is 51.3 Å². The van der Waals surface area contributed by atoms with Gasteiger partial charge in [0.25, 0.3) is 0 Å². The zero-order valence-corrected chi connectivity index (χ0v) is 12.1. The second-order valence-electron chi connectivity index (χ2n) is 6.20. The summed E-state index contributed by atoms with van der Waals surface area (Å²) in [5.41, 5.74) is 5.90. The van der Waals surface area contributed by atoms with Crippen LogP contribution in [0.15, 0.2) is 23.9 Å². The summed E-state index contributed by atoms with van der Waals surface area (Å²) < 4.78 is 5.49. The fourth-order valence-electron chi connectivity index (χ4n) is 3.63. The van der Waals surface area contributed by atoms with Gasteiger partial charge < -0.3 is 4.74 Å². The molecule has 0 N–H and O–H groups in total. The standard InChI is InChI=1S/C17H22N2O/c1-2-12-4-3-5-14-13(8-12)6-7-18-15(14)9-19-10-17-16(19)11-20-17/h4,6-7,16-17H,2-3,5,8-11H2,1H3/t16-,17?/m1/s1. The molecule has 3 aliphatic rings. The first-order valence-corrected chi connectivity index (χ1v) is 7.84. The lowest BCUT2D eigenvalue weighted by atomic mass is 9.93. The molecular weight excluding hydrogens is 248 g/mol. The van der Waals surface area contributed by atoms with E-state index in [1.54, 1.807) is 5.57 Å². The van der Waals surface area contributed by atoms with Crippen molar-refractivity contribution in [1.29, 1.82) is 0 Å². The van der Waals surface area contributed by atoms with Crippen LogP contribution in [0.2, 0.25) is 0 Å². The number of allylic oxidation sites excluding steroid dienone is 2. The Bertz CT molecular complexity index is 552. The monoisotopic (exact) mass is 270 g/mol. The maximum absolute atomic E-state index is 5.49. The van der Waals surface area contributed by atoms with Crippen LogP contribution in [0.4, 0.5) is 0 Å². The Labute approximate surface area is 120 Å². The normalized spacial score (nSPS) is 28.6. The second-order valence-corrected chi connectivity index (χ2v) is 6.20. The van der Waals surface area contributed by atoms with Crippen molar-refractivity contribution in [1.82, 2.24) is 9.88 Å². The molecule has 2 atom stereocenters. The van der Waals surface area contributed by atoms with E-state index < -0.39 is 0 Å². The summed E-state index contributed by atoms with van der Waals surface area (Å²) in [5.74, 6) is 0. The van der Waals surface area contributed by atoms with Crippen molar-refractivity contribution in [3.05, 3.63) is 40.7 Å². The van der Waals surface area contributed by atoms with E-state index in [1.165, 1.54) is 29.7 Å². The molecule has 0 amide bonds. The molecule has 0 bridgehead atoms. The average molecular weight is 270 g/mol. The van der Waals surface area contributed by atoms with E-state index in [1.807, 2.05) is 6.20 Å². The summed E-state index contributed by atoms with van der Waals surface area (Å²) in [6.07, 6.45) is 9.57. The molecule has 2 aliphatic heterocycles. The number of morpholine rings is 1. The van der Waals surface area contributed by atoms with Gasteiger partial charge in [0.2, 0.25) is 0 Å². The van der Waals surface area contributed by atoms with Crippen LogP contribution in [-0.2, 0) is 24.1 Å². The van der Waals surface area contributed by atoms with Crippen LogP contribution >= 0.6 is 0 Å². The molecular formula is C17H22N2O. The molecule has 0 aromatic carbocycles. The highest BCUT2D eigenvalue weighted by Gasteiger charge is 2.47. The van der Waals surface area contributed by atoms with Crippen molar-refractivity contribution in [3.8, 4) is 0 Å². The van der Waals surface area contributed by atoms with Gasteiger partial charge in [-0.3, -0.25) is 9.88 Å². The molecule has 1 aromatic heterocycles. The summed E-state index contributed by atoms with van der Waals surface area (Å²) >= 11 is 0. The van der Waals surface area contributed by atoms with Crippen LogP contribution < -0.4 is 0 Å². The number of rotatable bonds is 3. The Balaban J connectivity index is 1.56. The number of likely N-dealkylation sites (tertiary alicyclic amines) is 1. The third-order valence-electron chi connectivity index (χ3n) is 5.09. The highest BCUT2D eigenvalue weighted by atomic mass is 16.5. The zero-order chi connectivity index (χ0) is 13.5. The van der Waals surface area contributed by atoms with E-state index in [2.05, 4.69) is 29.0 Å². The highest BCUT2D eigenvalue weighted by Crippen LogP contribution is 2.32. The number of hydrogen-bond acceptors (Lipinski definition) is 3. The van der Waals surface area contributed by atoms with E-state index >= 15 is 0 Å². The van der Waals surface area contributed by atoms with E-state index in [-0.39, 0.29) is 0 Å². The van der Waals surface area contributed by atoms with E-state index in [9.17, 15) is 0 Å². The number of nitrogens with zero attached hydrogens (tertiary/aromatic N) is 2. The van der Waals surface area contributed by atoms with Crippen LogP contribution in [0.5, 0.6) is 0 Å². The number of pyridine rings is 1. The van der Waals surface area contributed by atoms with Gasteiger partial charge in [0.05, 0.1) is 24.4 Å². The molecule has 3 heterocycles. The molecule has 20 heavy (non-hydrogen) atoms. The fourth-order valence-corrected chi connectivity index (χ4v) is 3.63. The Morgan fingerprint density at radius 1 is 1.45 bits per heavy atom. The Morgan fingerprint density at radius 2 is 2.40 bits per heavy atom. The maximum atomic E-state index is 5.49. The minimum absolute atomic E-state index is 0.519. The van der Waals surface area contributed by atoms with E-state index in [0.717, 1.165) is 32.5 Å². The first-order chi connectivity index (χ1) is 9.85. The van der Waals surface area contributed by atoms with Crippen LogP contribution in [0.3, 0.4) is 0 Å². The van der Waals surface area contributed by atoms with Crippen molar-refractivity contribution in [3.63, 3.8) is 0 Å². The van der Waals surface area contributed by atoms with Gasteiger partial charge in [-0.1, -0.05) is 18.6 Å². The van der Waals surface area contributed by atoms with Gasteiger partial charge in [-0.2, -0.15) is 0 Å². The predicted molar refractivity (Wildman–Crippen MR) is 78.6 cm³/mol. The zero-order valence-electron chi connectivity index (χ0n) is 12.1. The molecule has 1 aliphatic carbocycles. The van der Waals surface area contributed by atoms with Crippen LogP contribution in [-0.4, -0.2) is 35.2 Å². The molecule has 0 spiro atoms. The first-order valence-electron chi connectivity index (χ1n) is 7.84. The number of fused-ring (bicyclic) bond motifs is 2. The van der Waals surface area contributed by atoms with E-state index in [4.69, 9.17) is 4.74 Å². The topological polar surface area (TPSA) is 25.4 Å². The molecule has 3 heteroatoms. The average Bonchev–Trinajstić information content (AvgIpc) is 2.66. The van der Waals surface area contributed by atoms with Gasteiger partial charge in [-0.05, 0) is 42.9 Å². The summed E-state index contributed by atoms with van der Waals surface area (Å²) in [5, 5.41) is 0. The maximum Gasteiger partial charge on any atom is 0.0880 e. The summed E-state index contributed by atoms with van der Waals surface area (Å²) in [6.45, 7) is 5.28. The van der Waals surface area contributed by atoms with Crippen molar-refractivity contribution in [2.75, 3.05) is 13.2 Å². The van der Waals surface area contributed by atoms with Crippen LogP contribution in [0.25, 0.3) is 0 Å². The Kier molecular flexibility index (Phi) is 3.12. The highest BCUT2D eigenvalue weighted by molar-refractivity contribution is 5.36. The summed E-state index contributed by atoms with van der Waals surface area (Å²) in [6, 6.07) is 2.89. The predicted octanol–water partition coefficient (Wildman–Crippen LogP) is 2.49. The van der Waals surface area contributed by atoms with Crippen molar-refractivity contribution < 1.29 is 4.74 Å². The lowest BCUT2D eigenvalue weighted by Crippen LogP contribution is -2.69. The van der Waals surface area contributed by atoms with Crippen molar-refractivity contribution in [2.24, 2.45) is 0 Å². The number of hydrogen-bond donors (Lipinski definition) is 0. The van der Waals surface area contributed by atoms with Crippen molar-refractivity contribution >= 4 is 0 Å². The van der Waals surface area contributed by atoms with Gasteiger partial charge >= 0.3 is 0 Å². The number of ether oxygens (including phenoxy) is 1. The molecule has 1 unspecified atom stereocenters. The smallest absolute Gasteiger partial charge is 0.0880 e. The van der Waals surface area contributed by atoms with Crippen LogP contribution in [0.1, 0.15) is 36.6 Å². The van der Waals surface area contributed by atoms with Gasteiger partial charge in [0, 0.05) is 19.3 Å². The van der Waals surface area contributed by atoms with Gasteiger partial charge in [-0.15, -0.1) is 0 Å². The SMILES string of the molecule is CCC1=CCCc2c(ccnc2CN2CC3OC[C@H]32)C1. The van der Waals surface area contributed by atoms with Gasteiger partial charge in [-0.25, -0.2) is 0 Å². The molecule has 2 fully saturated rings. The minimum Gasteiger partial charge on any atom is -0.373 e. The van der Waals surface area contributed by atoms with E-state index in [0.29, 0.717) is 12.1 Å². The Hall–Kier alpha value is -1.19. The molecule has 106 valence electrons. The molecule has 4 rings (SSSR count). The fraction of sp³-hybridized carbons (Fsp3) is 0.588. The molecule has 3 nitrogen and oxygen atoms in total.